The molecule has 2 aromatic rings. The first-order valence-electron chi connectivity index (χ1n) is 6.35. The Labute approximate surface area is 108 Å². The molecular weight excluding hydrogens is 221 g/mol. The van der Waals surface area contributed by atoms with Gasteiger partial charge in [-0.15, -0.1) is 0 Å². The molecule has 18 heavy (non-hydrogen) atoms. The maximum Gasteiger partial charge on any atom is 0.324 e. The summed E-state index contributed by atoms with van der Waals surface area (Å²) >= 11 is 0. The molecule has 90 valence electrons. The van der Waals surface area contributed by atoms with Gasteiger partial charge in [-0.25, -0.2) is 0 Å². The summed E-state index contributed by atoms with van der Waals surface area (Å²) in [5.41, 5.74) is 5.08. The summed E-state index contributed by atoms with van der Waals surface area (Å²) in [7, 11) is 0. The number of anilines is 1. The molecule has 0 radical (unpaired) electrons. The van der Waals surface area contributed by atoms with E-state index in [0.717, 1.165) is 18.8 Å². The summed E-state index contributed by atoms with van der Waals surface area (Å²) in [6.45, 7) is 3.93. The van der Waals surface area contributed by atoms with Crippen molar-refractivity contribution in [3.05, 3.63) is 59.7 Å². The van der Waals surface area contributed by atoms with E-state index in [1.165, 1.54) is 16.6 Å². The molecule has 0 amide bonds. The normalized spacial score (nSPS) is 13.5. The third kappa shape index (κ3) is 2.27. The van der Waals surface area contributed by atoms with Crippen molar-refractivity contribution < 1.29 is 4.65 Å². The van der Waals surface area contributed by atoms with E-state index in [2.05, 4.69) is 54.6 Å². The average molecular weight is 237 g/mol. The molecule has 0 atom stereocenters. The molecule has 0 saturated heterocycles. The maximum atomic E-state index is 5.61. The standard InChI is InChI=1S/C15H16BNO/c1-16-15-9-14(8-7-13(15)11-18-16)17-10-12-5-3-2-4-6-12/h2-9,17H,10-11H2,1H3. The van der Waals surface area contributed by atoms with Crippen LogP contribution in [0.5, 0.6) is 0 Å². The first-order valence-corrected chi connectivity index (χ1v) is 6.35. The number of fused-ring (bicyclic) bond motifs is 1. The minimum absolute atomic E-state index is 0.221. The van der Waals surface area contributed by atoms with Crippen LogP contribution in [0.2, 0.25) is 6.82 Å². The Morgan fingerprint density at radius 2 is 2.00 bits per heavy atom. The molecule has 1 N–H and O–H groups in total. The van der Waals surface area contributed by atoms with Crippen molar-refractivity contribution in [3.8, 4) is 0 Å². The van der Waals surface area contributed by atoms with Gasteiger partial charge in [-0.3, -0.25) is 0 Å². The number of rotatable bonds is 3. The van der Waals surface area contributed by atoms with E-state index in [0.29, 0.717) is 0 Å². The Balaban J connectivity index is 1.72. The van der Waals surface area contributed by atoms with Crippen molar-refractivity contribution in [2.45, 2.75) is 20.0 Å². The molecule has 0 spiro atoms. The highest BCUT2D eigenvalue weighted by atomic mass is 16.4. The summed E-state index contributed by atoms with van der Waals surface area (Å²) in [5, 5.41) is 3.46. The van der Waals surface area contributed by atoms with Crippen molar-refractivity contribution in [2.24, 2.45) is 0 Å². The van der Waals surface area contributed by atoms with Crippen molar-refractivity contribution in [3.63, 3.8) is 0 Å². The third-order valence-electron chi connectivity index (χ3n) is 3.41. The molecule has 1 aliphatic rings. The largest absolute Gasteiger partial charge is 0.427 e. The number of hydrogen-bond donors (Lipinski definition) is 1. The third-order valence-corrected chi connectivity index (χ3v) is 3.41. The molecule has 0 saturated carbocycles. The second-order valence-electron chi connectivity index (χ2n) is 4.71. The molecule has 2 aromatic carbocycles. The number of benzene rings is 2. The fourth-order valence-corrected chi connectivity index (χ4v) is 2.32. The van der Waals surface area contributed by atoms with E-state index in [4.69, 9.17) is 4.65 Å². The van der Waals surface area contributed by atoms with Crippen LogP contribution in [0.4, 0.5) is 5.69 Å². The zero-order valence-corrected chi connectivity index (χ0v) is 10.5. The van der Waals surface area contributed by atoms with Crippen molar-refractivity contribution >= 4 is 18.1 Å². The van der Waals surface area contributed by atoms with E-state index < -0.39 is 0 Å². The molecule has 3 rings (SSSR count). The van der Waals surface area contributed by atoms with Crippen LogP contribution in [-0.4, -0.2) is 6.92 Å². The Hall–Kier alpha value is -1.74. The summed E-state index contributed by atoms with van der Waals surface area (Å²) in [5.74, 6) is 0. The van der Waals surface area contributed by atoms with Gasteiger partial charge < -0.3 is 9.97 Å². The fourth-order valence-electron chi connectivity index (χ4n) is 2.32. The van der Waals surface area contributed by atoms with Gasteiger partial charge >= 0.3 is 6.92 Å². The van der Waals surface area contributed by atoms with E-state index in [9.17, 15) is 0 Å². The van der Waals surface area contributed by atoms with Crippen molar-refractivity contribution in [2.75, 3.05) is 5.32 Å². The zero-order valence-electron chi connectivity index (χ0n) is 10.5. The van der Waals surface area contributed by atoms with Crippen LogP contribution in [0.3, 0.4) is 0 Å². The highest BCUT2D eigenvalue weighted by molar-refractivity contribution is 6.67. The summed E-state index contributed by atoms with van der Waals surface area (Å²) < 4.78 is 5.61. The summed E-state index contributed by atoms with van der Waals surface area (Å²) in [6, 6.07) is 16.9. The Kier molecular flexibility index (Phi) is 3.07. The van der Waals surface area contributed by atoms with Gasteiger partial charge in [0.2, 0.25) is 0 Å². The minimum Gasteiger partial charge on any atom is -0.427 e. The van der Waals surface area contributed by atoms with Crippen LogP contribution in [-0.2, 0) is 17.8 Å². The molecular formula is C15H16BNO. The zero-order chi connectivity index (χ0) is 12.4. The summed E-state index contributed by atoms with van der Waals surface area (Å²) in [4.78, 5) is 0. The number of hydrogen-bond acceptors (Lipinski definition) is 2. The van der Waals surface area contributed by atoms with Gasteiger partial charge in [-0.2, -0.15) is 0 Å². The fraction of sp³-hybridized carbons (Fsp3) is 0.200. The smallest absolute Gasteiger partial charge is 0.324 e. The van der Waals surface area contributed by atoms with E-state index >= 15 is 0 Å². The highest BCUT2D eigenvalue weighted by Gasteiger charge is 2.22. The van der Waals surface area contributed by atoms with Crippen LogP contribution in [0, 0.1) is 0 Å². The number of nitrogens with one attached hydrogen (secondary N) is 1. The van der Waals surface area contributed by atoms with Crippen molar-refractivity contribution in [1.29, 1.82) is 0 Å². The lowest BCUT2D eigenvalue weighted by Crippen LogP contribution is -2.24. The van der Waals surface area contributed by atoms with E-state index in [1.54, 1.807) is 0 Å². The lowest BCUT2D eigenvalue weighted by atomic mass is 9.64. The van der Waals surface area contributed by atoms with Gasteiger partial charge in [0.05, 0.1) is 6.61 Å². The first-order chi connectivity index (χ1) is 8.83. The molecule has 0 fully saturated rings. The van der Waals surface area contributed by atoms with E-state index in [-0.39, 0.29) is 6.92 Å². The minimum atomic E-state index is 0.221. The van der Waals surface area contributed by atoms with Crippen LogP contribution in [0.15, 0.2) is 48.5 Å². The first kappa shape index (κ1) is 11.4. The molecule has 0 bridgehead atoms. The monoisotopic (exact) mass is 237 g/mol. The quantitative estimate of drug-likeness (QED) is 0.828. The van der Waals surface area contributed by atoms with Crippen LogP contribution < -0.4 is 10.8 Å². The molecule has 0 aliphatic carbocycles. The SMILES string of the molecule is CB1OCc2ccc(NCc3ccccc3)cc21. The van der Waals surface area contributed by atoms with Crippen LogP contribution >= 0.6 is 0 Å². The molecule has 1 aliphatic heterocycles. The van der Waals surface area contributed by atoms with Crippen LogP contribution in [0.1, 0.15) is 11.1 Å². The van der Waals surface area contributed by atoms with E-state index in [1.807, 2.05) is 6.07 Å². The Morgan fingerprint density at radius 1 is 1.17 bits per heavy atom. The van der Waals surface area contributed by atoms with Gasteiger partial charge in [0.25, 0.3) is 0 Å². The van der Waals surface area contributed by atoms with Gasteiger partial charge in [0.1, 0.15) is 0 Å². The average Bonchev–Trinajstić information content (AvgIpc) is 2.79. The Bertz CT molecular complexity index is 541. The molecule has 2 nitrogen and oxygen atoms in total. The van der Waals surface area contributed by atoms with Gasteiger partial charge in [0.15, 0.2) is 0 Å². The van der Waals surface area contributed by atoms with Gasteiger partial charge in [-0.1, -0.05) is 43.2 Å². The predicted molar refractivity (Wildman–Crippen MR) is 76.3 cm³/mol. The molecule has 3 heteroatoms. The molecule has 0 unspecified atom stereocenters. The molecule has 0 aromatic heterocycles. The summed E-state index contributed by atoms with van der Waals surface area (Å²) in [6.07, 6.45) is 0. The second-order valence-corrected chi connectivity index (χ2v) is 4.71. The predicted octanol–water partition coefficient (Wildman–Crippen LogP) is 2.66. The Morgan fingerprint density at radius 3 is 2.83 bits per heavy atom. The topological polar surface area (TPSA) is 21.3 Å². The van der Waals surface area contributed by atoms with Gasteiger partial charge in [-0.05, 0) is 28.7 Å². The van der Waals surface area contributed by atoms with Gasteiger partial charge in [0, 0.05) is 12.2 Å². The lowest BCUT2D eigenvalue weighted by Gasteiger charge is -2.08. The highest BCUT2D eigenvalue weighted by Crippen LogP contribution is 2.16. The van der Waals surface area contributed by atoms with Crippen molar-refractivity contribution in [1.82, 2.24) is 0 Å². The molecule has 1 heterocycles. The van der Waals surface area contributed by atoms with Crippen LogP contribution in [0.25, 0.3) is 0 Å². The lowest BCUT2D eigenvalue weighted by molar-refractivity contribution is 0.333. The maximum absolute atomic E-state index is 5.61. The second kappa shape index (κ2) is 4.87.